The predicted octanol–water partition coefficient (Wildman–Crippen LogP) is 0.399. The van der Waals surface area contributed by atoms with E-state index in [4.69, 9.17) is 11.5 Å². The molecule has 2 aromatic heterocycles. The number of amides is 3. The molecular weight excluding hydrogens is 432 g/mol. The molecule has 0 fully saturated rings. The molecule has 3 aromatic rings. The maximum Gasteiger partial charge on any atom is 0.326 e. The van der Waals surface area contributed by atoms with Crippen LogP contribution in [0, 0.1) is 0 Å². The summed E-state index contributed by atoms with van der Waals surface area (Å²) in [5.41, 5.74) is 10.8. The normalized spacial score (nSPS) is 11.3. The summed E-state index contributed by atoms with van der Waals surface area (Å²) < 4.78 is 0. The number of urea groups is 1. The number of nitrogens with zero attached hydrogens (tertiary/aromatic N) is 2. The number of nitrogen functional groups attached to an aromatic ring is 2. The number of carboxylic acid groups (broad SMARTS) is 1. The van der Waals surface area contributed by atoms with Crippen LogP contribution in [0.4, 0.5) is 27.9 Å². The minimum Gasteiger partial charge on any atom is -0.480 e. The van der Waals surface area contributed by atoms with Crippen LogP contribution in [0.15, 0.2) is 53.5 Å². The second kappa shape index (κ2) is 9.91. The first-order valence-corrected chi connectivity index (χ1v) is 9.50. The molecule has 1 unspecified atom stereocenters. The van der Waals surface area contributed by atoms with Crippen molar-refractivity contribution in [2.24, 2.45) is 0 Å². The second-order valence-corrected chi connectivity index (χ2v) is 6.78. The molecule has 1 aromatic carbocycles. The number of carboxylic acids is 1. The maximum atomic E-state index is 12.4. The van der Waals surface area contributed by atoms with Crippen molar-refractivity contribution in [1.82, 2.24) is 20.3 Å². The van der Waals surface area contributed by atoms with Gasteiger partial charge in [-0.1, -0.05) is 30.3 Å². The Hall–Kier alpha value is -4.94. The average molecular weight is 452 g/mol. The van der Waals surface area contributed by atoms with Crippen LogP contribution < -0.4 is 33.0 Å². The Morgan fingerprint density at radius 2 is 1.79 bits per heavy atom. The van der Waals surface area contributed by atoms with E-state index in [2.05, 4.69) is 30.9 Å². The van der Waals surface area contributed by atoms with E-state index in [1.54, 1.807) is 30.3 Å². The first-order valence-electron chi connectivity index (χ1n) is 9.50. The molecule has 3 rings (SSSR count). The number of aromatic nitrogens is 3. The molecule has 0 aliphatic carbocycles. The largest absolute Gasteiger partial charge is 0.480 e. The Bertz CT molecular complexity index is 1230. The van der Waals surface area contributed by atoms with E-state index < -0.39 is 29.5 Å². The zero-order chi connectivity index (χ0) is 24.0. The van der Waals surface area contributed by atoms with Crippen LogP contribution in [0.25, 0.3) is 0 Å². The first kappa shape index (κ1) is 22.7. The summed E-state index contributed by atoms with van der Waals surface area (Å²) in [6.45, 7) is 0. The number of aromatic amines is 1. The van der Waals surface area contributed by atoms with Crippen LogP contribution in [0.3, 0.4) is 0 Å². The summed E-state index contributed by atoms with van der Waals surface area (Å²) in [7, 11) is 0. The molecule has 0 radical (unpaired) electrons. The lowest BCUT2D eigenvalue weighted by atomic mass is 10.1. The van der Waals surface area contributed by atoms with Crippen LogP contribution in [0.1, 0.15) is 16.1 Å². The third kappa shape index (κ3) is 6.04. The van der Waals surface area contributed by atoms with Gasteiger partial charge in [0.25, 0.3) is 11.5 Å². The van der Waals surface area contributed by atoms with Crippen molar-refractivity contribution in [3.05, 3.63) is 70.3 Å². The Morgan fingerprint density at radius 3 is 2.39 bits per heavy atom. The first-order chi connectivity index (χ1) is 15.7. The molecule has 0 spiro atoms. The fourth-order valence-corrected chi connectivity index (χ4v) is 2.79. The highest BCUT2D eigenvalue weighted by Gasteiger charge is 2.22. The fraction of sp³-hybridized carbons (Fsp3) is 0.100. The average Bonchev–Trinajstić information content (AvgIpc) is 2.77. The highest BCUT2D eigenvalue weighted by molar-refractivity contribution is 6.01. The number of nitrogens with one attached hydrogen (secondary N) is 4. The number of hydrogen-bond acceptors (Lipinski definition) is 8. The highest BCUT2D eigenvalue weighted by atomic mass is 16.4. The van der Waals surface area contributed by atoms with Gasteiger partial charge in [0.05, 0.1) is 11.9 Å². The molecule has 9 N–H and O–H groups in total. The number of anilines is 4. The monoisotopic (exact) mass is 452 g/mol. The molecule has 0 saturated heterocycles. The second-order valence-electron chi connectivity index (χ2n) is 6.78. The van der Waals surface area contributed by atoms with Crippen LogP contribution >= 0.6 is 0 Å². The molecule has 0 bridgehead atoms. The number of aliphatic carboxylic acids is 1. The summed E-state index contributed by atoms with van der Waals surface area (Å²) in [5, 5.41) is 16.5. The fourth-order valence-electron chi connectivity index (χ4n) is 2.79. The van der Waals surface area contributed by atoms with Gasteiger partial charge in [0.1, 0.15) is 11.7 Å². The van der Waals surface area contributed by atoms with Crippen LogP contribution in [0.2, 0.25) is 0 Å². The number of carbonyl (C=O) groups excluding carboxylic acids is 2. The van der Waals surface area contributed by atoms with Gasteiger partial charge in [-0.05, 0) is 17.7 Å². The van der Waals surface area contributed by atoms with Gasteiger partial charge in [0.2, 0.25) is 5.95 Å². The number of carbonyl (C=O) groups is 3. The number of pyridine rings is 1. The van der Waals surface area contributed by atoms with Crippen molar-refractivity contribution in [1.29, 1.82) is 0 Å². The van der Waals surface area contributed by atoms with Gasteiger partial charge in [-0.2, -0.15) is 4.98 Å². The van der Waals surface area contributed by atoms with Crippen molar-refractivity contribution >= 4 is 41.0 Å². The zero-order valence-electron chi connectivity index (χ0n) is 17.0. The summed E-state index contributed by atoms with van der Waals surface area (Å²) in [6, 6.07) is 9.58. The molecule has 170 valence electrons. The summed E-state index contributed by atoms with van der Waals surface area (Å²) in [4.78, 5) is 57.7. The van der Waals surface area contributed by atoms with Gasteiger partial charge < -0.3 is 27.2 Å². The van der Waals surface area contributed by atoms with Crippen LogP contribution in [-0.4, -0.2) is 44.0 Å². The Kier molecular flexibility index (Phi) is 6.83. The summed E-state index contributed by atoms with van der Waals surface area (Å²) in [6.07, 6.45) is 1.29. The lowest BCUT2D eigenvalue weighted by Crippen LogP contribution is -2.42. The molecule has 13 nitrogen and oxygen atoms in total. The van der Waals surface area contributed by atoms with Crippen molar-refractivity contribution in [2.45, 2.75) is 12.5 Å². The molecule has 33 heavy (non-hydrogen) atoms. The number of rotatable bonds is 7. The van der Waals surface area contributed by atoms with Gasteiger partial charge in [0.15, 0.2) is 11.5 Å². The van der Waals surface area contributed by atoms with E-state index in [1.807, 2.05) is 0 Å². The van der Waals surface area contributed by atoms with E-state index in [0.29, 0.717) is 0 Å². The van der Waals surface area contributed by atoms with Gasteiger partial charge in [-0.15, -0.1) is 0 Å². The van der Waals surface area contributed by atoms with Gasteiger partial charge >= 0.3 is 12.0 Å². The third-order valence-corrected chi connectivity index (χ3v) is 4.34. The Morgan fingerprint density at radius 1 is 1.06 bits per heavy atom. The summed E-state index contributed by atoms with van der Waals surface area (Å²) in [5.74, 6) is -2.34. The number of nitrogens with two attached hydrogens (primary N) is 2. The third-order valence-electron chi connectivity index (χ3n) is 4.34. The maximum absolute atomic E-state index is 12.4. The molecule has 0 saturated carbocycles. The van der Waals surface area contributed by atoms with Gasteiger partial charge in [-0.25, -0.2) is 14.6 Å². The van der Waals surface area contributed by atoms with Crippen molar-refractivity contribution in [3.8, 4) is 0 Å². The standard InChI is InChI=1S/C20H20N8O5/c21-15-14(17(30)28-19(22)27-15)26-20(33)24-11-6-7-12(23-9-11)16(29)25-13(18(31)32)8-10-4-2-1-3-5-10/h1-7,9,13H,8H2,(H,25,29)(H,31,32)(H2,24,26,33)(H5,21,22,27,28,30). The molecule has 13 heteroatoms. The van der Waals surface area contributed by atoms with E-state index >= 15 is 0 Å². The van der Waals surface area contributed by atoms with Crippen LogP contribution in [-0.2, 0) is 11.2 Å². The Balaban J connectivity index is 1.62. The minimum atomic E-state index is -1.19. The number of hydrogen-bond donors (Lipinski definition) is 7. The van der Waals surface area contributed by atoms with Crippen LogP contribution in [0.5, 0.6) is 0 Å². The number of benzene rings is 1. The quantitative estimate of drug-likeness (QED) is 0.263. The molecule has 0 aliphatic rings. The Labute approximate surface area is 186 Å². The molecule has 1 atom stereocenters. The van der Waals surface area contributed by atoms with E-state index in [9.17, 15) is 24.3 Å². The molecule has 3 amide bonds. The van der Waals surface area contributed by atoms with Gasteiger partial charge in [-0.3, -0.25) is 19.9 Å². The molecule has 0 aliphatic heterocycles. The van der Waals surface area contributed by atoms with E-state index in [0.717, 1.165) is 5.56 Å². The smallest absolute Gasteiger partial charge is 0.326 e. The molecular formula is C20H20N8O5. The van der Waals surface area contributed by atoms with Crippen molar-refractivity contribution in [3.63, 3.8) is 0 Å². The zero-order valence-corrected chi connectivity index (χ0v) is 17.0. The summed E-state index contributed by atoms with van der Waals surface area (Å²) >= 11 is 0. The number of H-pyrrole nitrogens is 1. The topological polar surface area (TPSA) is 218 Å². The SMILES string of the molecule is Nc1nc(N)c(NC(=O)Nc2ccc(C(=O)NC(Cc3ccccc3)C(=O)O)nc2)c(=O)[nH]1. The molecule has 2 heterocycles. The van der Waals surface area contributed by atoms with Crippen molar-refractivity contribution < 1.29 is 19.5 Å². The minimum absolute atomic E-state index is 0.0521. The van der Waals surface area contributed by atoms with E-state index in [1.165, 1.54) is 18.3 Å². The van der Waals surface area contributed by atoms with E-state index in [-0.39, 0.29) is 35.3 Å². The predicted molar refractivity (Wildman–Crippen MR) is 120 cm³/mol. The highest BCUT2D eigenvalue weighted by Crippen LogP contribution is 2.12. The van der Waals surface area contributed by atoms with Gasteiger partial charge in [0, 0.05) is 6.42 Å². The van der Waals surface area contributed by atoms with Crippen molar-refractivity contribution in [2.75, 3.05) is 22.1 Å². The lowest BCUT2D eigenvalue weighted by molar-refractivity contribution is -0.139. The lowest BCUT2D eigenvalue weighted by Gasteiger charge is -2.14.